The van der Waals surface area contributed by atoms with E-state index in [4.69, 9.17) is 9.47 Å². The van der Waals surface area contributed by atoms with Gasteiger partial charge in [0.05, 0.1) is 13.7 Å². The smallest absolute Gasteiger partial charge is 0.407 e. The van der Waals surface area contributed by atoms with Crippen LogP contribution in [0.3, 0.4) is 0 Å². The largest absolute Gasteiger partial charge is 0.497 e. The second-order valence-corrected chi connectivity index (χ2v) is 6.83. The molecule has 1 aliphatic rings. The van der Waals surface area contributed by atoms with Gasteiger partial charge in [-0.1, -0.05) is 32.1 Å². The van der Waals surface area contributed by atoms with Crippen LogP contribution in [-0.4, -0.2) is 31.3 Å². The highest BCUT2D eigenvalue weighted by Gasteiger charge is 2.14. The van der Waals surface area contributed by atoms with E-state index in [2.05, 4.69) is 10.3 Å². The van der Waals surface area contributed by atoms with E-state index < -0.39 is 0 Å². The lowest BCUT2D eigenvalue weighted by Crippen LogP contribution is -2.27. The predicted octanol–water partition coefficient (Wildman–Crippen LogP) is 4.42. The van der Waals surface area contributed by atoms with Crippen molar-refractivity contribution in [3.8, 4) is 5.75 Å². The van der Waals surface area contributed by atoms with E-state index in [1.807, 2.05) is 24.4 Å². The molecule has 1 amide bonds. The Kier molecular flexibility index (Phi) is 6.20. The lowest BCUT2D eigenvalue weighted by molar-refractivity contribution is 0.134. The number of hydrogen-bond donors (Lipinski definition) is 2. The molecule has 0 bridgehead atoms. The second-order valence-electron chi connectivity index (χ2n) is 6.83. The molecular formula is C20H28N2O3. The monoisotopic (exact) mass is 344 g/mol. The topological polar surface area (TPSA) is 63.3 Å². The summed E-state index contributed by atoms with van der Waals surface area (Å²) in [6.07, 6.45) is 10.0. The van der Waals surface area contributed by atoms with Crippen molar-refractivity contribution in [2.75, 3.05) is 20.3 Å². The SMILES string of the molecule is COc1ccc2[nH]cc(CCNC(=O)OCCC3CCCCC3)c2c1. The van der Waals surface area contributed by atoms with Crippen LogP contribution in [0.2, 0.25) is 0 Å². The minimum atomic E-state index is -0.312. The molecule has 0 unspecified atom stereocenters. The summed E-state index contributed by atoms with van der Waals surface area (Å²) in [5.74, 6) is 1.58. The number of carbonyl (C=O) groups is 1. The van der Waals surface area contributed by atoms with E-state index in [-0.39, 0.29) is 6.09 Å². The van der Waals surface area contributed by atoms with Gasteiger partial charge in [-0.3, -0.25) is 0 Å². The highest BCUT2D eigenvalue weighted by molar-refractivity contribution is 5.84. The molecule has 1 aromatic heterocycles. The number of H-pyrrole nitrogens is 1. The lowest BCUT2D eigenvalue weighted by atomic mass is 9.87. The first-order valence-corrected chi connectivity index (χ1v) is 9.31. The first-order valence-electron chi connectivity index (χ1n) is 9.31. The molecule has 0 atom stereocenters. The van der Waals surface area contributed by atoms with Gasteiger partial charge in [-0.2, -0.15) is 0 Å². The highest BCUT2D eigenvalue weighted by atomic mass is 16.5. The minimum absolute atomic E-state index is 0.312. The summed E-state index contributed by atoms with van der Waals surface area (Å²) in [4.78, 5) is 15.1. The molecule has 1 saturated carbocycles. The molecule has 0 aliphatic heterocycles. The van der Waals surface area contributed by atoms with E-state index >= 15 is 0 Å². The first kappa shape index (κ1) is 17.6. The number of hydrogen-bond acceptors (Lipinski definition) is 3. The highest BCUT2D eigenvalue weighted by Crippen LogP contribution is 2.26. The Balaban J connectivity index is 1.39. The number of benzene rings is 1. The summed E-state index contributed by atoms with van der Waals surface area (Å²) in [5, 5.41) is 3.98. The number of methoxy groups -OCH3 is 1. The van der Waals surface area contributed by atoms with Gasteiger partial charge in [-0.15, -0.1) is 0 Å². The molecule has 2 N–H and O–H groups in total. The molecule has 5 heteroatoms. The van der Waals surface area contributed by atoms with Crippen molar-refractivity contribution < 1.29 is 14.3 Å². The van der Waals surface area contributed by atoms with Crippen molar-refractivity contribution in [3.63, 3.8) is 0 Å². The van der Waals surface area contributed by atoms with E-state index in [0.717, 1.165) is 41.0 Å². The van der Waals surface area contributed by atoms with Gasteiger partial charge in [0.1, 0.15) is 5.75 Å². The Morgan fingerprint density at radius 3 is 2.92 bits per heavy atom. The number of aromatic nitrogens is 1. The summed E-state index contributed by atoms with van der Waals surface area (Å²) in [5.41, 5.74) is 2.24. The maximum atomic E-state index is 11.8. The molecule has 1 fully saturated rings. The number of alkyl carbamates (subject to hydrolysis) is 1. The van der Waals surface area contributed by atoms with Gasteiger partial charge in [0.15, 0.2) is 0 Å². The molecule has 0 spiro atoms. The van der Waals surface area contributed by atoms with Crippen LogP contribution in [0.1, 0.15) is 44.1 Å². The third-order valence-corrected chi connectivity index (χ3v) is 5.12. The third-order valence-electron chi connectivity index (χ3n) is 5.12. The lowest BCUT2D eigenvalue weighted by Gasteiger charge is -2.21. The average Bonchev–Trinajstić information content (AvgIpc) is 3.05. The Morgan fingerprint density at radius 1 is 1.28 bits per heavy atom. The summed E-state index contributed by atoms with van der Waals surface area (Å²) in [7, 11) is 1.67. The van der Waals surface area contributed by atoms with Crippen LogP contribution in [0, 0.1) is 5.92 Å². The molecule has 1 heterocycles. The normalized spacial score (nSPS) is 15.2. The molecule has 1 aliphatic carbocycles. The Morgan fingerprint density at radius 2 is 2.12 bits per heavy atom. The summed E-state index contributed by atoms with van der Waals surface area (Å²) < 4.78 is 10.6. The van der Waals surface area contributed by atoms with Crippen molar-refractivity contribution in [3.05, 3.63) is 30.0 Å². The van der Waals surface area contributed by atoms with Crippen LogP contribution in [0.25, 0.3) is 10.9 Å². The molecule has 136 valence electrons. The van der Waals surface area contributed by atoms with Gasteiger partial charge < -0.3 is 19.8 Å². The summed E-state index contributed by atoms with van der Waals surface area (Å²) in [6, 6.07) is 5.96. The van der Waals surface area contributed by atoms with Gasteiger partial charge in [0, 0.05) is 23.6 Å². The summed E-state index contributed by atoms with van der Waals surface area (Å²) in [6.45, 7) is 1.09. The van der Waals surface area contributed by atoms with Gasteiger partial charge in [0.25, 0.3) is 0 Å². The third kappa shape index (κ3) is 4.91. The predicted molar refractivity (Wildman–Crippen MR) is 99.1 cm³/mol. The number of ether oxygens (including phenoxy) is 2. The Hall–Kier alpha value is -2.17. The molecule has 5 nitrogen and oxygen atoms in total. The fourth-order valence-electron chi connectivity index (χ4n) is 3.64. The second kappa shape index (κ2) is 8.79. The zero-order valence-corrected chi connectivity index (χ0v) is 15.0. The van der Waals surface area contributed by atoms with Crippen LogP contribution >= 0.6 is 0 Å². The van der Waals surface area contributed by atoms with E-state index in [0.29, 0.717) is 13.2 Å². The van der Waals surface area contributed by atoms with Crippen LogP contribution in [0.15, 0.2) is 24.4 Å². The van der Waals surface area contributed by atoms with Gasteiger partial charge in [-0.05, 0) is 42.5 Å². The Labute approximate surface area is 149 Å². The van der Waals surface area contributed by atoms with Crippen molar-refractivity contribution in [1.29, 1.82) is 0 Å². The fourth-order valence-corrected chi connectivity index (χ4v) is 3.64. The van der Waals surface area contributed by atoms with Gasteiger partial charge >= 0.3 is 6.09 Å². The van der Waals surface area contributed by atoms with E-state index in [1.165, 1.54) is 32.1 Å². The van der Waals surface area contributed by atoms with Crippen LogP contribution in [0.5, 0.6) is 5.75 Å². The van der Waals surface area contributed by atoms with Crippen molar-refractivity contribution in [2.45, 2.75) is 44.9 Å². The zero-order chi connectivity index (χ0) is 17.5. The maximum Gasteiger partial charge on any atom is 0.407 e. The molecule has 1 aromatic carbocycles. The van der Waals surface area contributed by atoms with Gasteiger partial charge in [-0.25, -0.2) is 4.79 Å². The molecule has 0 saturated heterocycles. The molecular weight excluding hydrogens is 316 g/mol. The van der Waals surface area contributed by atoms with Crippen LogP contribution in [0.4, 0.5) is 4.79 Å². The van der Waals surface area contributed by atoms with Gasteiger partial charge in [0.2, 0.25) is 0 Å². The van der Waals surface area contributed by atoms with Crippen molar-refractivity contribution in [1.82, 2.24) is 10.3 Å². The first-order chi connectivity index (χ1) is 12.3. The van der Waals surface area contributed by atoms with Crippen LogP contribution < -0.4 is 10.1 Å². The minimum Gasteiger partial charge on any atom is -0.497 e. The average molecular weight is 344 g/mol. The van der Waals surface area contributed by atoms with E-state index in [9.17, 15) is 4.79 Å². The number of nitrogens with one attached hydrogen (secondary N) is 2. The van der Waals surface area contributed by atoms with E-state index in [1.54, 1.807) is 7.11 Å². The molecule has 2 aromatic rings. The number of amides is 1. The Bertz CT molecular complexity index is 689. The quantitative estimate of drug-likeness (QED) is 0.782. The number of carbonyl (C=O) groups excluding carboxylic acids is 1. The fraction of sp³-hybridized carbons (Fsp3) is 0.550. The van der Waals surface area contributed by atoms with Crippen LogP contribution in [-0.2, 0) is 11.2 Å². The molecule has 3 rings (SSSR count). The van der Waals surface area contributed by atoms with Crippen molar-refractivity contribution >= 4 is 17.0 Å². The summed E-state index contributed by atoms with van der Waals surface area (Å²) >= 11 is 0. The maximum absolute atomic E-state index is 11.8. The molecule has 25 heavy (non-hydrogen) atoms. The van der Waals surface area contributed by atoms with Crippen molar-refractivity contribution in [2.24, 2.45) is 5.92 Å². The molecule has 0 radical (unpaired) electrons. The number of fused-ring (bicyclic) bond motifs is 1. The standard InChI is InChI=1S/C20H28N2O3/c1-24-17-7-8-19-18(13-17)16(14-22-19)9-11-21-20(23)25-12-10-15-5-3-2-4-6-15/h7-8,13-15,22H,2-6,9-12H2,1H3,(H,21,23). The zero-order valence-electron chi connectivity index (χ0n) is 15.0. The number of rotatable bonds is 7. The number of aromatic amines is 1.